The second-order valence-corrected chi connectivity index (χ2v) is 6.25. The largest absolute Gasteiger partial charge is 0.388 e. The smallest absolute Gasteiger partial charge is 0.0807 e. The van der Waals surface area contributed by atoms with Gasteiger partial charge in [-0.05, 0) is 47.7 Å². The number of rotatable bonds is 6. The Kier molecular flexibility index (Phi) is 4.08. The fraction of sp³-hybridized carbons (Fsp3) is 0.412. The summed E-state index contributed by atoms with van der Waals surface area (Å²) in [4.78, 5) is 2.47. The number of thiophene rings is 1. The Morgan fingerprint density at radius 1 is 1.30 bits per heavy atom. The lowest BCUT2D eigenvalue weighted by molar-refractivity contribution is 0.174. The van der Waals surface area contributed by atoms with E-state index in [0.29, 0.717) is 6.04 Å². The van der Waals surface area contributed by atoms with Gasteiger partial charge in [-0.25, -0.2) is 0 Å². The molecule has 3 heteroatoms. The first-order chi connectivity index (χ1) is 9.79. The summed E-state index contributed by atoms with van der Waals surface area (Å²) in [5.74, 6) is 0. The molecule has 0 unspecified atom stereocenters. The molecule has 1 aromatic carbocycles. The van der Waals surface area contributed by atoms with E-state index in [9.17, 15) is 5.11 Å². The van der Waals surface area contributed by atoms with Gasteiger partial charge in [-0.1, -0.05) is 25.1 Å². The minimum absolute atomic E-state index is 0.366. The topological polar surface area (TPSA) is 23.5 Å². The molecule has 1 heterocycles. The van der Waals surface area contributed by atoms with Gasteiger partial charge in [0, 0.05) is 23.8 Å². The molecule has 1 fully saturated rings. The van der Waals surface area contributed by atoms with Gasteiger partial charge in [0.1, 0.15) is 0 Å². The zero-order chi connectivity index (χ0) is 13.9. The van der Waals surface area contributed by atoms with Gasteiger partial charge in [0.15, 0.2) is 0 Å². The average Bonchev–Trinajstić information content (AvgIpc) is 3.20. The number of para-hydroxylation sites is 1. The van der Waals surface area contributed by atoms with Crippen LogP contribution < -0.4 is 4.90 Å². The molecule has 0 spiro atoms. The zero-order valence-corrected chi connectivity index (χ0v) is 12.6. The molecule has 1 aromatic heterocycles. The van der Waals surface area contributed by atoms with E-state index >= 15 is 0 Å². The van der Waals surface area contributed by atoms with Crippen molar-refractivity contribution in [2.24, 2.45) is 0 Å². The molecule has 0 amide bonds. The van der Waals surface area contributed by atoms with Gasteiger partial charge in [0.25, 0.3) is 0 Å². The predicted molar refractivity (Wildman–Crippen MR) is 85.2 cm³/mol. The van der Waals surface area contributed by atoms with Crippen LogP contribution in [0.2, 0.25) is 0 Å². The summed E-state index contributed by atoms with van der Waals surface area (Å²) in [5, 5.41) is 14.6. The van der Waals surface area contributed by atoms with Crippen LogP contribution in [0.3, 0.4) is 0 Å². The van der Waals surface area contributed by atoms with Crippen molar-refractivity contribution in [3.05, 3.63) is 52.2 Å². The molecule has 0 radical (unpaired) electrons. The van der Waals surface area contributed by atoms with Crippen LogP contribution >= 0.6 is 11.3 Å². The summed E-state index contributed by atoms with van der Waals surface area (Å²) in [5.41, 5.74) is 3.63. The summed E-state index contributed by atoms with van der Waals surface area (Å²) >= 11 is 1.75. The van der Waals surface area contributed by atoms with Gasteiger partial charge in [0.2, 0.25) is 0 Å². The second kappa shape index (κ2) is 5.98. The molecule has 1 saturated carbocycles. The van der Waals surface area contributed by atoms with Gasteiger partial charge in [0.05, 0.1) is 6.10 Å². The van der Waals surface area contributed by atoms with E-state index in [-0.39, 0.29) is 6.10 Å². The van der Waals surface area contributed by atoms with E-state index in [4.69, 9.17) is 0 Å². The van der Waals surface area contributed by atoms with Crippen LogP contribution in [0.15, 0.2) is 41.1 Å². The van der Waals surface area contributed by atoms with E-state index < -0.39 is 0 Å². The molecule has 2 nitrogen and oxygen atoms in total. The summed E-state index contributed by atoms with van der Waals surface area (Å²) in [7, 11) is 0. The molecule has 0 bridgehead atoms. The minimum Gasteiger partial charge on any atom is -0.388 e. The Morgan fingerprint density at radius 2 is 2.10 bits per heavy atom. The van der Waals surface area contributed by atoms with E-state index in [2.05, 4.69) is 39.9 Å². The molecular weight excluding hydrogens is 266 g/mol. The highest BCUT2D eigenvalue weighted by Crippen LogP contribution is 2.37. The standard InChI is InChI=1S/C17H21NOS/c1-2-17(19)15-5-3-4-6-16(15)18(14-7-8-14)11-13-9-10-20-12-13/h3-6,9-10,12,14,17,19H,2,7-8,11H2,1H3/t17-/m0/s1. The van der Waals surface area contributed by atoms with Gasteiger partial charge in [-0.3, -0.25) is 0 Å². The van der Waals surface area contributed by atoms with Crippen molar-refractivity contribution < 1.29 is 5.11 Å². The molecule has 106 valence electrons. The summed E-state index contributed by atoms with van der Waals surface area (Å²) < 4.78 is 0. The third kappa shape index (κ3) is 2.89. The van der Waals surface area contributed by atoms with Gasteiger partial charge in [-0.15, -0.1) is 0 Å². The van der Waals surface area contributed by atoms with Crippen LogP contribution in [0.5, 0.6) is 0 Å². The van der Waals surface area contributed by atoms with Crippen LogP contribution in [0.1, 0.15) is 43.4 Å². The number of hydrogen-bond donors (Lipinski definition) is 1. The Morgan fingerprint density at radius 3 is 2.75 bits per heavy atom. The highest BCUT2D eigenvalue weighted by molar-refractivity contribution is 7.07. The van der Waals surface area contributed by atoms with Crippen molar-refractivity contribution in [2.75, 3.05) is 4.90 Å². The fourth-order valence-corrected chi connectivity index (χ4v) is 3.29. The number of aliphatic hydroxyl groups excluding tert-OH is 1. The van der Waals surface area contributed by atoms with Crippen molar-refractivity contribution in [2.45, 2.75) is 44.9 Å². The first-order valence-corrected chi connectivity index (χ1v) is 8.28. The quantitative estimate of drug-likeness (QED) is 0.853. The molecule has 3 rings (SSSR count). The van der Waals surface area contributed by atoms with Gasteiger partial charge < -0.3 is 10.0 Å². The Hall–Kier alpha value is -1.32. The number of aliphatic hydroxyl groups is 1. The number of hydrogen-bond acceptors (Lipinski definition) is 3. The van der Waals surface area contributed by atoms with E-state index in [0.717, 1.165) is 18.5 Å². The van der Waals surface area contributed by atoms with Crippen molar-refractivity contribution in [1.82, 2.24) is 0 Å². The highest BCUT2D eigenvalue weighted by atomic mass is 32.1. The number of benzene rings is 1. The normalized spacial score (nSPS) is 16.1. The molecule has 1 aliphatic carbocycles. The molecule has 0 saturated heterocycles. The summed E-state index contributed by atoms with van der Waals surface area (Å²) in [6, 6.07) is 11.1. The number of anilines is 1. The van der Waals surface area contributed by atoms with Crippen molar-refractivity contribution in [1.29, 1.82) is 0 Å². The van der Waals surface area contributed by atoms with Crippen molar-refractivity contribution in [3.8, 4) is 0 Å². The second-order valence-electron chi connectivity index (χ2n) is 5.47. The van der Waals surface area contributed by atoms with Crippen molar-refractivity contribution in [3.63, 3.8) is 0 Å². The molecular formula is C17H21NOS. The zero-order valence-electron chi connectivity index (χ0n) is 11.8. The maximum absolute atomic E-state index is 10.3. The third-order valence-corrected chi connectivity index (χ3v) is 4.64. The number of nitrogens with zero attached hydrogens (tertiary/aromatic N) is 1. The van der Waals surface area contributed by atoms with Crippen LogP contribution in [-0.4, -0.2) is 11.1 Å². The lowest BCUT2D eigenvalue weighted by Gasteiger charge is -2.28. The van der Waals surface area contributed by atoms with Crippen molar-refractivity contribution >= 4 is 17.0 Å². The first-order valence-electron chi connectivity index (χ1n) is 7.34. The molecule has 0 aliphatic heterocycles. The van der Waals surface area contributed by atoms with Crippen LogP contribution in [0, 0.1) is 0 Å². The molecule has 1 N–H and O–H groups in total. The average molecular weight is 287 g/mol. The third-order valence-electron chi connectivity index (χ3n) is 3.91. The lowest BCUT2D eigenvalue weighted by Crippen LogP contribution is -2.26. The van der Waals surface area contributed by atoms with E-state index in [1.165, 1.54) is 24.1 Å². The molecule has 1 aliphatic rings. The maximum atomic E-state index is 10.3. The van der Waals surface area contributed by atoms with E-state index in [1.807, 2.05) is 13.0 Å². The first kappa shape index (κ1) is 13.7. The minimum atomic E-state index is -0.366. The molecule has 2 aromatic rings. The monoisotopic (exact) mass is 287 g/mol. The summed E-state index contributed by atoms with van der Waals surface area (Å²) in [6.45, 7) is 2.98. The van der Waals surface area contributed by atoms with E-state index in [1.54, 1.807) is 11.3 Å². The highest BCUT2D eigenvalue weighted by Gasteiger charge is 2.31. The van der Waals surface area contributed by atoms with Crippen LogP contribution in [0.25, 0.3) is 0 Å². The van der Waals surface area contributed by atoms with Gasteiger partial charge in [-0.2, -0.15) is 11.3 Å². The van der Waals surface area contributed by atoms with Gasteiger partial charge >= 0.3 is 0 Å². The Balaban J connectivity index is 1.91. The Bertz CT molecular complexity index is 548. The molecule has 20 heavy (non-hydrogen) atoms. The SMILES string of the molecule is CC[C@H](O)c1ccccc1N(Cc1ccsc1)C1CC1. The van der Waals surface area contributed by atoms with Crippen LogP contribution in [-0.2, 0) is 6.54 Å². The fourth-order valence-electron chi connectivity index (χ4n) is 2.63. The molecule has 1 atom stereocenters. The summed E-state index contributed by atoms with van der Waals surface area (Å²) in [6.07, 6.45) is 2.92. The predicted octanol–water partition coefficient (Wildman–Crippen LogP) is 4.36. The Labute approximate surface area is 124 Å². The maximum Gasteiger partial charge on any atom is 0.0807 e. The lowest BCUT2D eigenvalue weighted by atomic mass is 10.0. The van der Waals surface area contributed by atoms with Crippen LogP contribution in [0.4, 0.5) is 5.69 Å².